The summed E-state index contributed by atoms with van der Waals surface area (Å²) in [6, 6.07) is 2.43. The van der Waals surface area contributed by atoms with Gasteiger partial charge in [-0.3, -0.25) is 4.79 Å². The van der Waals surface area contributed by atoms with E-state index in [1.54, 1.807) is 0 Å². The minimum atomic E-state index is -3.65. The molecule has 1 N–H and O–H groups in total. The summed E-state index contributed by atoms with van der Waals surface area (Å²) in [6.45, 7) is 0.928. The summed E-state index contributed by atoms with van der Waals surface area (Å²) in [4.78, 5) is 26.1. The molecule has 0 spiro atoms. The van der Waals surface area contributed by atoms with Gasteiger partial charge in [0, 0.05) is 38.4 Å². The first-order chi connectivity index (χ1) is 9.45. The number of H-pyrrole nitrogens is 1. The Morgan fingerprint density at radius 1 is 1.25 bits per heavy atom. The molecule has 110 valence electrons. The molecule has 0 unspecified atom stereocenters. The molecule has 2 heterocycles. The summed E-state index contributed by atoms with van der Waals surface area (Å²) < 4.78 is 30.5. The van der Waals surface area contributed by atoms with E-state index < -0.39 is 16.1 Å². The van der Waals surface area contributed by atoms with Crippen LogP contribution in [0.2, 0.25) is 0 Å². The van der Waals surface area contributed by atoms with Crippen LogP contribution in [0, 0.1) is 0 Å². The number of ether oxygens (including phenoxy) is 1. The van der Waals surface area contributed by atoms with Crippen molar-refractivity contribution in [3.63, 3.8) is 0 Å². The Morgan fingerprint density at radius 2 is 1.90 bits per heavy atom. The maximum atomic E-state index is 12.3. The predicted molar refractivity (Wildman–Crippen MR) is 69.8 cm³/mol. The largest absolute Gasteiger partial charge is 0.453 e. The lowest BCUT2D eigenvalue weighted by molar-refractivity contribution is 0.108. The van der Waals surface area contributed by atoms with Gasteiger partial charge in [0.15, 0.2) is 0 Å². The number of sulfonamides is 1. The van der Waals surface area contributed by atoms with Crippen molar-refractivity contribution >= 4 is 16.1 Å². The van der Waals surface area contributed by atoms with E-state index in [2.05, 4.69) is 9.72 Å². The quantitative estimate of drug-likeness (QED) is 0.790. The fraction of sp³-hybridized carbons (Fsp3) is 0.455. The lowest BCUT2D eigenvalue weighted by Gasteiger charge is -2.32. The maximum absolute atomic E-state index is 12.3. The van der Waals surface area contributed by atoms with Gasteiger partial charge in [0.2, 0.25) is 15.6 Å². The Hall–Kier alpha value is -1.87. The zero-order valence-corrected chi connectivity index (χ0v) is 11.7. The van der Waals surface area contributed by atoms with E-state index in [9.17, 15) is 18.0 Å². The number of rotatable bonds is 2. The Labute approximate surface area is 116 Å². The number of nitrogens with one attached hydrogen (secondary N) is 1. The highest BCUT2D eigenvalue weighted by Crippen LogP contribution is 2.16. The molecule has 0 atom stereocenters. The smallest absolute Gasteiger partial charge is 0.409 e. The van der Waals surface area contributed by atoms with Crippen LogP contribution in [-0.2, 0) is 14.8 Å². The molecule has 1 aromatic rings. The number of carbonyl (C=O) groups excluding carboxylic acids is 1. The van der Waals surface area contributed by atoms with E-state index in [1.165, 1.54) is 28.6 Å². The molecule has 1 amide bonds. The van der Waals surface area contributed by atoms with Crippen molar-refractivity contribution in [3.8, 4) is 0 Å². The Kier molecular flexibility index (Phi) is 4.09. The minimum absolute atomic E-state index is 0.0311. The summed E-state index contributed by atoms with van der Waals surface area (Å²) in [5.41, 5.74) is -0.362. The number of nitrogens with zero attached hydrogens (tertiary/aromatic N) is 2. The summed E-state index contributed by atoms with van der Waals surface area (Å²) in [7, 11) is -2.37. The number of carbonyl (C=O) groups is 1. The highest BCUT2D eigenvalue weighted by atomic mass is 32.2. The number of aromatic amines is 1. The van der Waals surface area contributed by atoms with Crippen molar-refractivity contribution in [1.82, 2.24) is 14.2 Å². The van der Waals surface area contributed by atoms with E-state index in [-0.39, 0.29) is 36.6 Å². The van der Waals surface area contributed by atoms with Gasteiger partial charge in [-0.25, -0.2) is 13.2 Å². The zero-order chi connectivity index (χ0) is 14.8. The number of methoxy groups -OCH3 is 1. The molecule has 1 aliphatic heterocycles. The Balaban J connectivity index is 2.11. The average molecular weight is 301 g/mol. The van der Waals surface area contributed by atoms with Gasteiger partial charge in [0.05, 0.1) is 12.0 Å². The molecule has 1 fully saturated rings. The predicted octanol–water partition coefficient (Wildman–Crippen LogP) is -0.552. The number of hydrogen-bond donors (Lipinski definition) is 1. The molecule has 0 saturated carbocycles. The van der Waals surface area contributed by atoms with Gasteiger partial charge >= 0.3 is 6.09 Å². The molecule has 2 rings (SSSR count). The summed E-state index contributed by atoms with van der Waals surface area (Å²) in [5, 5.41) is 0. The van der Waals surface area contributed by atoms with Crippen LogP contribution in [0.25, 0.3) is 0 Å². The third-order valence-electron chi connectivity index (χ3n) is 3.06. The van der Waals surface area contributed by atoms with Crippen molar-refractivity contribution in [2.75, 3.05) is 33.3 Å². The SMILES string of the molecule is COC(=O)N1CCN(S(=O)(=O)c2ccc(=O)[nH]c2)CC1. The highest BCUT2D eigenvalue weighted by molar-refractivity contribution is 7.89. The van der Waals surface area contributed by atoms with Gasteiger partial charge in [-0.15, -0.1) is 0 Å². The molecule has 8 nitrogen and oxygen atoms in total. The molecule has 1 saturated heterocycles. The van der Waals surface area contributed by atoms with Gasteiger partial charge in [-0.05, 0) is 6.07 Å². The number of aromatic nitrogens is 1. The van der Waals surface area contributed by atoms with Crippen LogP contribution in [0.3, 0.4) is 0 Å². The lowest BCUT2D eigenvalue weighted by atomic mass is 10.4. The number of piperazine rings is 1. The Bertz CT molecular complexity index is 626. The third-order valence-corrected chi connectivity index (χ3v) is 4.96. The van der Waals surface area contributed by atoms with Crippen LogP contribution in [0.5, 0.6) is 0 Å². The second kappa shape index (κ2) is 5.63. The van der Waals surface area contributed by atoms with Crippen molar-refractivity contribution in [3.05, 3.63) is 28.7 Å². The molecule has 1 aliphatic rings. The zero-order valence-electron chi connectivity index (χ0n) is 10.9. The van der Waals surface area contributed by atoms with Gasteiger partial charge < -0.3 is 14.6 Å². The summed E-state index contributed by atoms with van der Waals surface area (Å²) in [5.74, 6) is 0. The number of amides is 1. The topological polar surface area (TPSA) is 99.8 Å². The standard InChI is InChI=1S/C11H15N3O5S/c1-19-11(16)13-4-6-14(7-5-13)20(17,18)9-2-3-10(15)12-8-9/h2-3,8H,4-7H2,1H3,(H,12,15). The molecule has 9 heteroatoms. The first kappa shape index (κ1) is 14.5. The highest BCUT2D eigenvalue weighted by Gasteiger charge is 2.30. The van der Waals surface area contributed by atoms with Gasteiger partial charge in [0.25, 0.3) is 0 Å². The van der Waals surface area contributed by atoms with Crippen LogP contribution < -0.4 is 5.56 Å². The fourth-order valence-corrected chi connectivity index (χ4v) is 3.34. The van der Waals surface area contributed by atoms with Crippen molar-refractivity contribution in [1.29, 1.82) is 0 Å². The van der Waals surface area contributed by atoms with E-state index >= 15 is 0 Å². The van der Waals surface area contributed by atoms with E-state index in [1.807, 2.05) is 0 Å². The van der Waals surface area contributed by atoms with Crippen LogP contribution in [0.1, 0.15) is 0 Å². The fourth-order valence-electron chi connectivity index (χ4n) is 1.95. The average Bonchev–Trinajstić information content (AvgIpc) is 2.47. The van der Waals surface area contributed by atoms with Crippen molar-refractivity contribution in [2.24, 2.45) is 0 Å². The molecular weight excluding hydrogens is 286 g/mol. The van der Waals surface area contributed by atoms with Crippen molar-refractivity contribution < 1.29 is 17.9 Å². The number of hydrogen-bond acceptors (Lipinski definition) is 5. The molecule has 1 aromatic heterocycles. The second-order valence-corrected chi connectivity index (χ2v) is 6.19. The van der Waals surface area contributed by atoms with E-state index in [0.29, 0.717) is 0 Å². The summed E-state index contributed by atoms with van der Waals surface area (Å²) in [6.07, 6.45) is 0.704. The van der Waals surface area contributed by atoms with Crippen LogP contribution in [0.4, 0.5) is 4.79 Å². The Morgan fingerprint density at radius 3 is 2.40 bits per heavy atom. The first-order valence-electron chi connectivity index (χ1n) is 5.97. The third kappa shape index (κ3) is 2.83. The second-order valence-electron chi connectivity index (χ2n) is 4.25. The number of pyridine rings is 1. The van der Waals surface area contributed by atoms with Crippen molar-refractivity contribution in [2.45, 2.75) is 4.90 Å². The monoisotopic (exact) mass is 301 g/mol. The van der Waals surface area contributed by atoms with Crippen LogP contribution >= 0.6 is 0 Å². The van der Waals surface area contributed by atoms with Crippen LogP contribution in [0.15, 0.2) is 28.0 Å². The molecule has 0 aliphatic carbocycles. The van der Waals surface area contributed by atoms with Crippen LogP contribution in [-0.4, -0.2) is 62.0 Å². The summed E-state index contributed by atoms with van der Waals surface area (Å²) >= 11 is 0. The van der Waals surface area contributed by atoms with E-state index in [4.69, 9.17) is 0 Å². The minimum Gasteiger partial charge on any atom is -0.453 e. The maximum Gasteiger partial charge on any atom is 0.409 e. The normalized spacial score (nSPS) is 16.9. The molecular formula is C11H15N3O5S. The first-order valence-corrected chi connectivity index (χ1v) is 7.41. The molecule has 0 radical (unpaired) electrons. The van der Waals surface area contributed by atoms with Gasteiger partial charge in [-0.2, -0.15) is 4.31 Å². The van der Waals surface area contributed by atoms with E-state index in [0.717, 1.165) is 6.07 Å². The molecule has 20 heavy (non-hydrogen) atoms. The lowest BCUT2D eigenvalue weighted by Crippen LogP contribution is -2.50. The molecule has 0 aromatic carbocycles. The van der Waals surface area contributed by atoms with Gasteiger partial charge in [-0.1, -0.05) is 0 Å². The van der Waals surface area contributed by atoms with Gasteiger partial charge in [0.1, 0.15) is 0 Å². The molecule has 0 bridgehead atoms.